The standard InChI is InChI=1S/C18H34N6.HI/c1-15-14-16(2)24(22-15)11-5-9-20-18(19-3)21-10-6-17-7-12-23(4)13-8-17;/h14,17H,5-13H2,1-4H3,(H2,19,20,21);1H. The van der Waals surface area contributed by atoms with E-state index in [2.05, 4.69) is 50.3 Å². The molecule has 2 rings (SSSR count). The van der Waals surface area contributed by atoms with Gasteiger partial charge in [-0.2, -0.15) is 5.10 Å². The first kappa shape index (κ1) is 22.2. The van der Waals surface area contributed by atoms with E-state index in [4.69, 9.17) is 0 Å². The first-order chi connectivity index (χ1) is 11.6. The molecule has 0 unspecified atom stereocenters. The van der Waals surface area contributed by atoms with Gasteiger partial charge in [0.25, 0.3) is 0 Å². The molecule has 6 nitrogen and oxygen atoms in total. The Bertz CT molecular complexity index is 520. The van der Waals surface area contributed by atoms with Crippen molar-refractivity contribution in [2.45, 2.75) is 46.1 Å². The Labute approximate surface area is 169 Å². The van der Waals surface area contributed by atoms with Crippen LogP contribution in [0.25, 0.3) is 0 Å². The zero-order valence-electron chi connectivity index (χ0n) is 16.2. The van der Waals surface area contributed by atoms with Gasteiger partial charge < -0.3 is 15.5 Å². The summed E-state index contributed by atoms with van der Waals surface area (Å²) in [7, 11) is 4.05. The molecule has 0 aliphatic carbocycles. The predicted molar refractivity (Wildman–Crippen MR) is 116 cm³/mol. The molecule has 1 fully saturated rings. The number of likely N-dealkylation sites (tertiary alicyclic amines) is 1. The van der Waals surface area contributed by atoms with Crippen LogP contribution in [-0.4, -0.2) is 60.9 Å². The minimum Gasteiger partial charge on any atom is -0.356 e. The van der Waals surface area contributed by atoms with Crippen molar-refractivity contribution in [2.75, 3.05) is 40.3 Å². The maximum Gasteiger partial charge on any atom is 0.190 e. The second-order valence-corrected chi connectivity index (χ2v) is 6.96. The maximum atomic E-state index is 4.49. The van der Waals surface area contributed by atoms with Crippen molar-refractivity contribution in [3.8, 4) is 0 Å². The van der Waals surface area contributed by atoms with Crippen LogP contribution in [0.4, 0.5) is 0 Å². The predicted octanol–water partition coefficient (Wildman–Crippen LogP) is 2.40. The highest BCUT2D eigenvalue weighted by atomic mass is 127. The lowest BCUT2D eigenvalue weighted by Crippen LogP contribution is -2.39. The number of rotatable bonds is 7. The third-order valence-electron chi connectivity index (χ3n) is 4.85. The Morgan fingerprint density at radius 2 is 1.92 bits per heavy atom. The normalized spacial score (nSPS) is 16.6. The highest BCUT2D eigenvalue weighted by molar-refractivity contribution is 14.0. The second-order valence-electron chi connectivity index (χ2n) is 6.96. The smallest absolute Gasteiger partial charge is 0.190 e. The van der Waals surface area contributed by atoms with E-state index in [-0.39, 0.29) is 24.0 Å². The van der Waals surface area contributed by atoms with Crippen molar-refractivity contribution in [1.29, 1.82) is 0 Å². The fourth-order valence-electron chi connectivity index (χ4n) is 3.30. The van der Waals surface area contributed by atoms with E-state index in [0.717, 1.165) is 43.6 Å². The van der Waals surface area contributed by atoms with E-state index < -0.39 is 0 Å². The summed E-state index contributed by atoms with van der Waals surface area (Å²) in [6.07, 6.45) is 4.93. The van der Waals surface area contributed by atoms with Gasteiger partial charge in [-0.25, -0.2) is 0 Å². The molecule has 0 bridgehead atoms. The molecule has 1 aliphatic rings. The number of nitrogens with one attached hydrogen (secondary N) is 2. The van der Waals surface area contributed by atoms with Gasteiger partial charge in [-0.1, -0.05) is 0 Å². The van der Waals surface area contributed by atoms with Crippen molar-refractivity contribution in [3.05, 3.63) is 17.5 Å². The molecule has 2 heterocycles. The number of aromatic nitrogens is 2. The van der Waals surface area contributed by atoms with E-state index in [1.807, 2.05) is 14.0 Å². The molecule has 144 valence electrons. The highest BCUT2D eigenvalue weighted by Crippen LogP contribution is 2.18. The number of guanidine groups is 1. The van der Waals surface area contributed by atoms with E-state index in [0.29, 0.717) is 0 Å². The summed E-state index contributed by atoms with van der Waals surface area (Å²) >= 11 is 0. The SMILES string of the molecule is CN=C(NCCCn1nc(C)cc1C)NCCC1CCN(C)CC1.I. The zero-order chi connectivity index (χ0) is 17.4. The van der Waals surface area contributed by atoms with Crippen molar-refractivity contribution >= 4 is 29.9 Å². The van der Waals surface area contributed by atoms with Crippen LogP contribution in [0, 0.1) is 19.8 Å². The van der Waals surface area contributed by atoms with Crippen LogP contribution in [-0.2, 0) is 6.54 Å². The molecule has 2 N–H and O–H groups in total. The Morgan fingerprint density at radius 1 is 1.24 bits per heavy atom. The molecule has 0 spiro atoms. The molecule has 7 heteroatoms. The summed E-state index contributed by atoms with van der Waals surface area (Å²) in [4.78, 5) is 6.74. The molecular weight excluding hydrogens is 427 g/mol. The number of nitrogens with zero attached hydrogens (tertiary/aromatic N) is 4. The van der Waals surface area contributed by atoms with Crippen LogP contribution in [0.3, 0.4) is 0 Å². The lowest BCUT2D eigenvalue weighted by molar-refractivity contribution is 0.213. The van der Waals surface area contributed by atoms with Crippen LogP contribution in [0.5, 0.6) is 0 Å². The maximum absolute atomic E-state index is 4.49. The van der Waals surface area contributed by atoms with Gasteiger partial charge in [0.2, 0.25) is 0 Å². The Morgan fingerprint density at radius 3 is 2.52 bits per heavy atom. The van der Waals surface area contributed by atoms with E-state index >= 15 is 0 Å². The molecule has 1 saturated heterocycles. The fourth-order valence-corrected chi connectivity index (χ4v) is 3.30. The summed E-state index contributed by atoms with van der Waals surface area (Å²) in [5.41, 5.74) is 2.32. The topological polar surface area (TPSA) is 57.5 Å². The average molecular weight is 462 g/mol. The summed E-state index contributed by atoms with van der Waals surface area (Å²) in [5.74, 6) is 1.77. The lowest BCUT2D eigenvalue weighted by Gasteiger charge is -2.29. The molecule has 1 aromatic rings. The minimum absolute atomic E-state index is 0. The molecule has 0 amide bonds. The summed E-state index contributed by atoms with van der Waals surface area (Å²) < 4.78 is 2.08. The van der Waals surface area contributed by atoms with E-state index in [1.54, 1.807) is 0 Å². The number of hydrogen-bond donors (Lipinski definition) is 2. The quantitative estimate of drug-likeness (QED) is 0.283. The first-order valence-electron chi connectivity index (χ1n) is 9.22. The molecule has 0 atom stereocenters. The lowest BCUT2D eigenvalue weighted by atomic mass is 9.94. The van der Waals surface area contributed by atoms with Gasteiger partial charge in [0.05, 0.1) is 5.69 Å². The minimum atomic E-state index is 0. The Hall–Kier alpha value is -0.830. The number of hydrogen-bond acceptors (Lipinski definition) is 3. The number of piperidine rings is 1. The molecule has 25 heavy (non-hydrogen) atoms. The van der Waals surface area contributed by atoms with Crippen LogP contribution < -0.4 is 10.6 Å². The summed E-state index contributed by atoms with van der Waals surface area (Å²) in [6, 6.07) is 2.12. The molecule has 1 aliphatic heterocycles. The second kappa shape index (κ2) is 11.7. The monoisotopic (exact) mass is 462 g/mol. The van der Waals surface area contributed by atoms with Crippen molar-refractivity contribution in [2.24, 2.45) is 10.9 Å². The highest BCUT2D eigenvalue weighted by Gasteiger charge is 2.16. The number of aryl methyl sites for hydroxylation is 3. The molecule has 0 aromatic carbocycles. The van der Waals surface area contributed by atoms with Gasteiger partial charge in [0, 0.05) is 32.4 Å². The zero-order valence-corrected chi connectivity index (χ0v) is 18.5. The average Bonchev–Trinajstić information content (AvgIpc) is 2.89. The largest absolute Gasteiger partial charge is 0.356 e. The van der Waals surface area contributed by atoms with Gasteiger partial charge in [0.1, 0.15) is 0 Å². The third-order valence-corrected chi connectivity index (χ3v) is 4.85. The Kier molecular flexibility index (Phi) is 10.4. The van der Waals surface area contributed by atoms with Crippen LogP contribution >= 0.6 is 24.0 Å². The van der Waals surface area contributed by atoms with Gasteiger partial charge in [-0.05, 0) is 71.7 Å². The number of aliphatic imine (C=N–C) groups is 1. The third kappa shape index (κ3) is 7.94. The van der Waals surface area contributed by atoms with Gasteiger partial charge in [-0.3, -0.25) is 9.67 Å². The van der Waals surface area contributed by atoms with Gasteiger partial charge in [0.15, 0.2) is 5.96 Å². The fraction of sp³-hybridized carbons (Fsp3) is 0.778. The molecule has 0 radical (unpaired) electrons. The Balaban J connectivity index is 0.00000312. The number of halogens is 1. The molecule has 1 aromatic heterocycles. The first-order valence-corrected chi connectivity index (χ1v) is 9.22. The van der Waals surface area contributed by atoms with Crippen molar-refractivity contribution < 1.29 is 0 Å². The van der Waals surface area contributed by atoms with Crippen LogP contribution in [0.15, 0.2) is 11.1 Å². The van der Waals surface area contributed by atoms with Gasteiger partial charge in [-0.15, -0.1) is 24.0 Å². The van der Waals surface area contributed by atoms with E-state index in [1.165, 1.54) is 38.0 Å². The van der Waals surface area contributed by atoms with Crippen molar-refractivity contribution in [1.82, 2.24) is 25.3 Å². The van der Waals surface area contributed by atoms with Crippen LogP contribution in [0.2, 0.25) is 0 Å². The summed E-state index contributed by atoms with van der Waals surface area (Å²) in [6.45, 7) is 9.49. The molecule has 0 saturated carbocycles. The van der Waals surface area contributed by atoms with Crippen LogP contribution in [0.1, 0.15) is 37.1 Å². The van der Waals surface area contributed by atoms with Crippen molar-refractivity contribution in [3.63, 3.8) is 0 Å². The summed E-state index contributed by atoms with van der Waals surface area (Å²) in [5, 5.41) is 11.3. The van der Waals surface area contributed by atoms with Gasteiger partial charge >= 0.3 is 0 Å². The van der Waals surface area contributed by atoms with E-state index in [9.17, 15) is 0 Å². The molecular formula is C18H35IN6.